The van der Waals surface area contributed by atoms with E-state index in [1.807, 2.05) is 12.1 Å². The monoisotopic (exact) mass is 585 g/mol. The lowest BCUT2D eigenvalue weighted by atomic mass is 10.0. The molecule has 0 saturated heterocycles. The van der Waals surface area contributed by atoms with Crippen molar-refractivity contribution in [2.45, 2.75) is 52.0 Å². The molecule has 200 valence electrons. The molecule has 0 aromatic heterocycles. The SMILES string of the molecule is CC(C)(C)OC(=O)N(C(=O)OCc1ccccc1)[C@@H](Cc1cc(Br)ccc1F)C(=O)OCc1ccccc1. The molecule has 0 radical (unpaired) electrons. The van der Waals surface area contributed by atoms with Crippen LogP contribution in [0.25, 0.3) is 0 Å². The number of carbonyl (C=O) groups is 3. The largest absolute Gasteiger partial charge is 0.459 e. The number of nitrogens with zero attached hydrogens (tertiary/aromatic N) is 1. The van der Waals surface area contributed by atoms with Crippen LogP contribution in [0.1, 0.15) is 37.5 Å². The Hall–Kier alpha value is -3.72. The number of rotatable bonds is 8. The number of halogens is 2. The third-order valence-electron chi connectivity index (χ3n) is 5.22. The van der Waals surface area contributed by atoms with Crippen molar-refractivity contribution >= 4 is 34.1 Å². The lowest BCUT2D eigenvalue weighted by molar-refractivity contribution is -0.150. The van der Waals surface area contributed by atoms with Crippen molar-refractivity contribution < 1.29 is 33.0 Å². The molecule has 2 amide bonds. The fourth-order valence-corrected chi connectivity index (χ4v) is 3.85. The van der Waals surface area contributed by atoms with Gasteiger partial charge in [-0.1, -0.05) is 76.6 Å². The molecule has 9 heteroatoms. The Labute approximate surface area is 229 Å². The Bertz CT molecular complexity index is 1250. The molecule has 0 unspecified atom stereocenters. The molecular weight excluding hydrogens is 557 g/mol. The van der Waals surface area contributed by atoms with E-state index in [4.69, 9.17) is 14.2 Å². The van der Waals surface area contributed by atoms with Gasteiger partial charge < -0.3 is 14.2 Å². The van der Waals surface area contributed by atoms with E-state index in [0.717, 1.165) is 0 Å². The molecule has 0 spiro atoms. The van der Waals surface area contributed by atoms with Crippen molar-refractivity contribution in [2.24, 2.45) is 0 Å². The molecule has 0 N–H and O–H groups in total. The fraction of sp³-hybridized carbons (Fsp3) is 0.276. The highest BCUT2D eigenvalue weighted by molar-refractivity contribution is 9.10. The Balaban J connectivity index is 1.95. The molecule has 7 nitrogen and oxygen atoms in total. The number of hydrogen-bond acceptors (Lipinski definition) is 6. The summed E-state index contributed by atoms with van der Waals surface area (Å²) in [6.45, 7) is 4.59. The van der Waals surface area contributed by atoms with Gasteiger partial charge in [0.15, 0.2) is 0 Å². The van der Waals surface area contributed by atoms with Crippen LogP contribution in [0.4, 0.5) is 14.0 Å². The molecule has 38 heavy (non-hydrogen) atoms. The minimum atomic E-state index is -1.57. The summed E-state index contributed by atoms with van der Waals surface area (Å²) in [5.74, 6) is -1.54. The predicted molar refractivity (Wildman–Crippen MR) is 143 cm³/mol. The Kier molecular flexibility index (Phi) is 10.0. The summed E-state index contributed by atoms with van der Waals surface area (Å²) >= 11 is 3.29. The molecule has 0 saturated carbocycles. The van der Waals surface area contributed by atoms with Crippen molar-refractivity contribution in [3.8, 4) is 0 Å². The third-order valence-corrected chi connectivity index (χ3v) is 5.71. The van der Waals surface area contributed by atoms with Gasteiger partial charge >= 0.3 is 18.2 Å². The summed E-state index contributed by atoms with van der Waals surface area (Å²) in [6.07, 6.45) is -2.61. The molecule has 3 rings (SSSR count). The van der Waals surface area contributed by atoms with Gasteiger partial charge in [0.2, 0.25) is 0 Å². The average Bonchev–Trinajstić information content (AvgIpc) is 2.88. The van der Waals surface area contributed by atoms with E-state index in [1.54, 1.807) is 69.3 Å². The average molecular weight is 586 g/mol. The second-order valence-corrected chi connectivity index (χ2v) is 10.4. The molecule has 0 aliphatic rings. The van der Waals surface area contributed by atoms with Gasteiger partial charge in [0.1, 0.15) is 30.7 Å². The van der Waals surface area contributed by atoms with Crippen LogP contribution in [0.15, 0.2) is 83.3 Å². The van der Waals surface area contributed by atoms with Crippen molar-refractivity contribution in [1.82, 2.24) is 4.90 Å². The maximum absolute atomic E-state index is 14.7. The van der Waals surface area contributed by atoms with E-state index < -0.39 is 35.6 Å². The summed E-state index contributed by atoms with van der Waals surface area (Å²) in [5.41, 5.74) is 0.467. The van der Waals surface area contributed by atoms with Crippen LogP contribution in [-0.4, -0.2) is 34.7 Å². The Morgan fingerprint density at radius 2 is 1.39 bits per heavy atom. The minimum absolute atomic E-state index is 0.0884. The summed E-state index contributed by atoms with van der Waals surface area (Å²) in [7, 11) is 0. The molecule has 1 atom stereocenters. The Morgan fingerprint density at radius 1 is 0.842 bits per heavy atom. The first-order chi connectivity index (χ1) is 18.0. The number of hydrogen-bond donors (Lipinski definition) is 0. The van der Waals surface area contributed by atoms with Crippen molar-refractivity contribution in [3.63, 3.8) is 0 Å². The summed E-state index contributed by atoms with van der Waals surface area (Å²) in [5, 5.41) is 0. The van der Waals surface area contributed by atoms with Crippen LogP contribution < -0.4 is 0 Å². The summed E-state index contributed by atoms with van der Waals surface area (Å²) < 4.78 is 31.6. The lowest BCUT2D eigenvalue weighted by Crippen LogP contribution is -2.52. The molecule has 0 bridgehead atoms. The van der Waals surface area contributed by atoms with Crippen LogP contribution in [0.2, 0.25) is 0 Å². The molecule has 3 aromatic rings. The van der Waals surface area contributed by atoms with Crippen LogP contribution in [0.5, 0.6) is 0 Å². The zero-order valence-electron chi connectivity index (χ0n) is 21.4. The van der Waals surface area contributed by atoms with E-state index in [2.05, 4.69) is 15.9 Å². The normalized spacial score (nSPS) is 11.8. The van der Waals surface area contributed by atoms with E-state index in [-0.39, 0.29) is 25.2 Å². The van der Waals surface area contributed by atoms with E-state index in [9.17, 15) is 18.8 Å². The number of benzene rings is 3. The van der Waals surface area contributed by atoms with Gasteiger partial charge in [0.25, 0.3) is 0 Å². The highest BCUT2D eigenvalue weighted by Gasteiger charge is 2.40. The van der Waals surface area contributed by atoms with E-state index in [1.165, 1.54) is 18.2 Å². The second kappa shape index (κ2) is 13.2. The Morgan fingerprint density at radius 3 is 1.95 bits per heavy atom. The number of amides is 2. The van der Waals surface area contributed by atoms with E-state index >= 15 is 0 Å². The molecule has 0 heterocycles. The number of ether oxygens (including phenoxy) is 3. The molecule has 0 fully saturated rings. The number of esters is 1. The van der Waals surface area contributed by atoms with Crippen LogP contribution in [-0.2, 0) is 38.6 Å². The van der Waals surface area contributed by atoms with Gasteiger partial charge in [-0.05, 0) is 55.7 Å². The highest BCUT2D eigenvalue weighted by atomic mass is 79.9. The summed E-state index contributed by atoms with van der Waals surface area (Å²) in [6, 6.07) is 20.4. The predicted octanol–water partition coefficient (Wildman–Crippen LogP) is 6.82. The topological polar surface area (TPSA) is 82.1 Å². The molecule has 0 aliphatic carbocycles. The first kappa shape index (κ1) is 28.8. The van der Waals surface area contributed by atoms with Crippen molar-refractivity contribution in [3.05, 3.63) is 106 Å². The standard InChI is InChI=1S/C29H29BrFNO6/c1-29(2,3)38-28(35)32(27(34)37-19-21-12-8-5-9-13-21)25(17-22-16-23(30)14-15-24(22)31)26(33)36-18-20-10-6-4-7-11-20/h4-16,25H,17-19H2,1-3H3/t25-/m0/s1. The van der Waals surface area contributed by atoms with Gasteiger partial charge in [-0.3, -0.25) is 0 Å². The highest BCUT2D eigenvalue weighted by Crippen LogP contribution is 2.22. The maximum Gasteiger partial charge on any atom is 0.420 e. The lowest BCUT2D eigenvalue weighted by Gasteiger charge is -2.30. The summed E-state index contributed by atoms with van der Waals surface area (Å²) in [4.78, 5) is 40.5. The maximum atomic E-state index is 14.7. The smallest absolute Gasteiger partial charge is 0.420 e. The van der Waals surface area contributed by atoms with Gasteiger partial charge in [0, 0.05) is 10.9 Å². The van der Waals surface area contributed by atoms with Crippen LogP contribution in [0.3, 0.4) is 0 Å². The zero-order chi connectivity index (χ0) is 27.7. The quantitative estimate of drug-likeness (QED) is 0.213. The second-order valence-electron chi connectivity index (χ2n) is 9.44. The molecular formula is C29H29BrFNO6. The number of carbonyl (C=O) groups excluding carboxylic acids is 3. The van der Waals surface area contributed by atoms with Crippen LogP contribution in [0, 0.1) is 5.82 Å². The van der Waals surface area contributed by atoms with Gasteiger partial charge in [-0.15, -0.1) is 0 Å². The first-order valence-corrected chi connectivity index (χ1v) is 12.7. The van der Waals surface area contributed by atoms with Crippen molar-refractivity contribution in [2.75, 3.05) is 0 Å². The minimum Gasteiger partial charge on any atom is -0.459 e. The molecule has 3 aromatic carbocycles. The zero-order valence-corrected chi connectivity index (χ0v) is 22.9. The van der Waals surface area contributed by atoms with Gasteiger partial charge in [0.05, 0.1) is 0 Å². The first-order valence-electron chi connectivity index (χ1n) is 11.9. The third kappa shape index (κ3) is 8.69. The van der Waals surface area contributed by atoms with Crippen LogP contribution >= 0.6 is 15.9 Å². The fourth-order valence-electron chi connectivity index (χ4n) is 3.44. The number of imide groups is 1. The van der Waals surface area contributed by atoms with Crippen molar-refractivity contribution in [1.29, 1.82) is 0 Å². The van der Waals surface area contributed by atoms with E-state index in [0.29, 0.717) is 20.5 Å². The molecule has 0 aliphatic heterocycles. The van der Waals surface area contributed by atoms with Gasteiger partial charge in [-0.25, -0.2) is 18.8 Å². The van der Waals surface area contributed by atoms with Gasteiger partial charge in [-0.2, -0.15) is 4.90 Å².